The van der Waals surface area contributed by atoms with E-state index in [2.05, 4.69) is 22.6 Å². The minimum absolute atomic E-state index is 0.0411. The molecular weight excluding hydrogens is 383 g/mol. The van der Waals surface area contributed by atoms with E-state index in [4.69, 9.17) is 29.6 Å². The van der Waals surface area contributed by atoms with E-state index >= 15 is 0 Å². The van der Waals surface area contributed by atoms with Crippen LogP contribution in [0.2, 0.25) is 5.02 Å². The minimum atomic E-state index is -0.0411. The molecule has 98 valence electrons. The molecule has 0 unspecified atom stereocenters. The van der Waals surface area contributed by atoms with Crippen molar-refractivity contribution >= 4 is 57.3 Å². The molecule has 0 heterocycles. The van der Waals surface area contributed by atoms with Gasteiger partial charge in [-0.05, 0) is 47.7 Å². The Bertz CT molecular complexity index is 467. The summed E-state index contributed by atoms with van der Waals surface area (Å²) < 4.78 is 0.885. The van der Waals surface area contributed by atoms with Crippen molar-refractivity contribution < 1.29 is 4.79 Å². The molecule has 0 bridgehead atoms. The average Bonchev–Trinajstić information content (AvgIpc) is 2.32. The summed E-state index contributed by atoms with van der Waals surface area (Å²) in [5.41, 5.74) is 6.08. The Labute approximate surface area is 131 Å². The number of nitrogens with zero attached hydrogens (tertiary/aromatic N) is 1. The van der Waals surface area contributed by atoms with Crippen molar-refractivity contribution in [2.24, 2.45) is 5.73 Å². The Morgan fingerprint density at radius 3 is 2.78 bits per heavy atom. The summed E-state index contributed by atoms with van der Waals surface area (Å²) in [6.07, 6.45) is 0.534. The molecule has 6 heteroatoms. The Balaban J connectivity index is 2.89. The SMILES string of the molecule is CCN(CCC(N)=S)C(=O)c1cc(Cl)ccc1I. The normalized spacial score (nSPS) is 10.2. The van der Waals surface area contributed by atoms with Gasteiger partial charge in [-0.3, -0.25) is 4.79 Å². The van der Waals surface area contributed by atoms with Crippen molar-refractivity contribution in [3.05, 3.63) is 32.4 Å². The van der Waals surface area contributed by atoms with E-state index in [1.807, 2.05) is 13.0 Å². The van der Waals surface area contributed by atoms with Crippen molar-refractivity contribution in [1.82, 2.24) is 4.90 Å². The molecule has 0 aliphatic heterocycles. The van der Waals surface area contributed by atoms with Gasteiger partial charge in [0.05, 0.1) is 10.6 Å². The number of carbonyl (C=O) groups is 1. The van der Waals surface area contributed by atoms with Crippen LogP contribution in [0, 0.1) is 3.57 Å². The molecule has 0 radical (unpaired) electrons. The molecule has 0 aliphatic rings. The first-order valence-corrected chi connectivity index (χ1v) is 7.34. The van der Waals surface area contributed by atoms with Crippen LogP contribution in [0.1, 0.15) is 23.7 Å². The summed E-state index contributed by atoms with van der Waals surface area (Å²) in [4.78, 5) is 14.5. The zero-order valence-electron chi connectivity index (χ0n) is 9.95. The zero-order valence-corrected chi connectivity index (χ0v) is 13.7. The average molecular weight is 397 g/mol. The second-order valence-electron chi connectivity index (χ2n) is 3.73. The summed E-state index contributed by atoms with van der Waals surface area (Å²) in [6, 6.07) is 5.29. The van der Waals surface area contributed by atoms with Crippen LogP contribution >= 0.6 is 46.4 Å². The number of carbonyl (C=O) groups excluding carboxylic acids is 1. The molecule has 0 spiro atoms. The molecule has 2 N–H and O–H groups in total. The summed E-state index contributed by atoms with van der Waals surface area (Å²) >= 11 is 12.9. The molecule has 0 fully saturated rings. The Morgan fingerprint density at radius 2 is 2.22 bits per heavy atom. The van der Waals surface area contributed by atoms with Gasteiger partial charge in [-0.2, -0.15) is 0 Å². The molecule has 3 nitrogen and oxygen atoms in total. The lowest BCUT2D eigenvalue weighted by Gasteiger charge is -2.21. The molecule has 0 atom stereocenters. The summed E-state index contributed by atoms with van der Waals surface area (Å²) in [5, 5.41) is 0.559. The van der Waals surface area contributed by atoms with E-state index in [1.54, 1.807) is 17.0 Å². The molecule has 1 amide bonds. The second-order valence-corrected chi connectivity index (χ2v) is 5.85. The monoisotopic (exact) mass is 396 g/mol. The van der Waals surface area contributed by atoms with E-state index in [0.717, 1.165) is 3.57 Å². The standard InChI is InChI=1S/C12H14ClIN2OS/c1-2-16(6-5-11(15)18)12(17)9-7-8(13)3-4-10(9)14/h3-4,7H,2,5-6H2,1H3,(H2,15,18). The van der Waals surface area contributed by atoms with E-state index in [0.29, 0.717) is 35.1 Å². The van der Waals surface area contributed by atoms with Gasteiger partial charge in [-0.1, -0.05) is 23.8 Å². The first-order valence-electron chi connectivity index (χ1n) is 5.48. The van der Waals surface area contributed by atoms with Crippen molar-refractivity contribution in [1.29, 1.82) is 0 Å². The van der Waals surface area contributed by atoms with Gasteiger partial charge in [-0.15, -0.1) is 0 Å². The summed E-state index contributed by atoms with van der Waals surface area (Å²) in [5.74, 6) is -0.0411. The van der Waals surface area contributed by atoms with Crippen molar-refractivity contribution in [2.45, 2.75) is 13.3 Å². The molecule has 0 saturated carbocycles. The smallest absolute Gasteiger partial charge is 0.254 e. The third kappa shape index (κ3) is 4.37. The van der Waals surface area contributed by atoms with E-state index in [9.17, 15) is 4.79 Å². The molecule has 1 rings (SSSR count). The van der Waals surface area contributed by atoms with Crippen molar-refractivity contribution in [3.8, 4) is 0 Å². The summed E-state index contributed by atoms with van der Waals surface area (Å²) in [6.45, 7) is 3.08. The fourth-order valence-corrected chi connectivity index (χ4v) is 2.31. The maximum Gasteiger partial charge on any atom is 0.254 e. The maximum atomic E-state index is 12.3. The fraction of sp³-hybridized carbons (Fsp3) is 0.333. The first-order chi connectivity index (χ1) is 8.45. The van der Waals surface area contributed by atoms with E-state index in [1.165, 1.54) is 0 Å². The van der Waals surface area contributed by atoms with Gasteiger partial charge in [0.25, 0.3) is 5.91 Å². The molecular formula is C12H14ClIN2OS. The molecule has 1 aromatic rings. The highest BCUT2D eigenvalue weighted by atomic mass is 127. The van der Waals surface area contributed by atoms with E-state index in [-0.39, 0.29) is 5.91 Å². The highest BCUT2D eigenvalue weighted by Gasteiger charge is 2.17. The minimum Gasteiger partial charge on any atom is -0.393 e. The zero-order chi connectivity index (χ0) is 13.7. The highest BCUT2D eigenvalue weighted by molar-refractivity contribution is 14.1. The van der Waals surface area contributed by atoms with Crippen LogP contribution in [0.4, 0.5) is 0 Å². The summed E-state index contributed by atoms with van der Waals surface area (Å²) in [7, 11) is 0. The second kappa shape index (κ2) is 7.25. The fourth-order valence-electron chi connectivity index (χ4n) is 1.48. The number of benzene rings is 1. The number of halogens is 2. The predicted molar refractivity (Wildman–Crippen MR) is 87.1 cm³/mol. The third-order valence-corrected chi connectivity index (χ3v) is 3.84. The Hall–Kier alpha value is -0.400. The Morgan fingerprint density at radius 1 is 1.56 bits per heavy atom. The van der Waals surface area contributed by atoms with Crippen LogP contribution in [0.3, 0.4) is 0 Å². The highest BCUT2D eigenvalue weighted by Crippen LogP contribution is 2.19. The van der Waals surface area contributed by atoms with Crippen molar-refractivity contribution in [3.63, 3.8) is 0 Å². The Kier molecular flexibility index (Phi) is 6.31. The third-order valence-electron chi connectivity index (χ3n) is 2.46. The van der Waals surface area contributed by atoms with E-state index < -0.39 is 0 Å². The quantitative estimate of drug-likeness (QED) is 0.614. The van der Waals surface area contributed by atoms with Crippen LogP contribution in [0.25, 0.3) is 0 Å². The van der Waals surface area contributed by atoms with Gasteiger partial charge < -0.3 is 10.6 Å². The number of amides is 1. The van der Waals surface area contributed by atoms with Gasteiger partial charge >= 0.3 is 0 Å². The molecule has 0 aromatic heterocycles. The number of thiocarbonyl (C=S) groups is 1. The van der Waals surface area contributed by atoms with Gasteiger partial charge in [-0.25, -0.2) is 0 Å². The van der Waals surface area contributed by atoms with Gasteiger partial charge in [0, 0.05) is 28.1 Å². The number of rotatable bonds is 5. The van der Waals surface area contributed by atoms with Crippen LogP contribution in [-0.2, 0) is 0 Å². The van der Waals surface area contributed by atoms with Gasteiger partial charge in [0.2, 0.25) is 0 Å². The lowest BCUT2D eigenvalue weighted by atomic mass is 10.2. The predicted octanol–water partition coefficient (Wildman–Crippen LogP) is 3.08. The lowest BCUT2D eigenvalue weighted by molar-refractivity contribution is 0.0768. The maximum absolute atomic E-state index is 12.3. The number of nitrogens with two attached hydrogens (primary N) is 1. The number of hydrogen-bond donors (Lipinski definition) is 1. The molecule has 0 aliphatic carbocycles. The molecule has 1 aromatic carbocycles. The van der Waals surface area contributed by atoms with Crippen LogP contribution in [-0.4, -0.2) is 28.9 Å². The van der Waals surface area contributed by atoms with Crippen molar-refractivity contribution in [2.75, 3.05) is 13.1 Å². The number of hydrogen-bond acceptors (Lipinski definition) is 2. The van der Waals surface area contributed by atoms with Gasteiger partial charge in [0.1, 0.15) is 0 Å². The van der Waals surface area contributed by atoms with Crippen LogP contribution in [0.5, 0.6) is 0 Å². The van der Waals surface area contributed by atoms with Gasteiger partial charge in [0.15, 0.2) is 0 Å². The molecule has 18 heavy (non-hydrogen) atoms. The largest absolute Gasteiger partial charge is 0.393 e. The lowest BCUT2D eigenvalue weighted by Crippen LogP contribution is -2.34. The van der Waals surface area contributed by atoms with Crippen LogP contribution in [0.15, 0.2) is 18.2 Å². The van der Waals surface area contributed by atoms with Crippen LogP contribution < -0.4 is 5.73 Å². The topological polar surface area (TPSA) is 46.3 Å². The molecule has 0 saturated heterocycles. The first kappa shape index (κ1) is 15.7.